The summed E-state index contributed by atoms with van der Waals surface area (Å²) in [5.74, 6) is -1.49. The minimum Gasteiger partial charge on any atom is -0.479 e. The van der Waals surface area contributed by atoms with Gasteiger partial charge in [-0.05, 0) is 18.4 Å². The molecule has 0 bridgehead atoms. The molecule has 2 heterocycles. The molecular weight excluding hydrogens is 336 g/mol. The molecule has 7 heteroatoms. The summed E-state index contributed by atoms with van der Waals surface area (Å²) in [6.07, 6.45) is 2.12. The molecule has 7 nitrogen and oxygen atoms in total. The lowest BCUT2D eigenvalue weighted by molar-refractivity contribution is -0.166. The van der Waals surface area contributed by atoms with E-state index >= 15 is 0 Å². The molecule has 1 unspecified atom stereocenters. The fourth-order valence-electron chi connectivity index (χ4n) is 3.67. The number of hydrogen-bond donors (Lipinski definition) is 2. The Morgan fingerprint density at radius 3 is 2.27 bits per heavy atom. The van der Waals surface area contributed by atoms with Gasteiger partial charge in [0.05, 0.1) is 0 Å². The van der Waals surface area contributed by atoms with E-state index in [1.54, 1.807) is 9.80 Å². The molecule has 0 saturated carbocycles. The van der Waals surface area contributed by atoms with Gasteiger partial charge in [0, 0.05) is 38.9 Å². The third-order valence-corrected chi connectivity index (χ3v) is 5.32. The average molecular weight is 360 g/mol. The van der Waals surface area contributed by atoms with Crippen molar-refractivity contribution in [2.75, 3.05) is 19.6 Å². The fourth-order valence-corrected chi connectivity index (χ4v) is 3.67. The maximum absolute atomic E-state index is 13.2. The van der Waals surface area contributed by atoms with Crippen LogP contribution in [0.4, 0.5) is 0 Å². The number of carbonyl (C=O) groups is 3. The maximum atomic E-state index is 13.2. The molecule has 0 aliphatic carbocycles. The number of aliphatic hydroxyl groups is 1. The van der Waals surface area contributed by atoms with Gasteiger partial charge in [0.25, 0.3) is 0 Å². The highest BCUT2D eigenvalue weighted by Gasteiger charge is 2.43. The van der Waals surface area contributed by atoms with Crippen molar-refractivity contribution < 1.29 is 24.6 Å². The first-order valence-corrected chi connectivity index (χ1v) is 9.01. The number of nitrogens with zero attached hydrogens (tertiary/aromatic N) is 2. The molecule has 2 fully saturated rings. The van der Waals surface area contributed by atoms with E-state index in [2.05, 4.69) is 0 Å². The topological polar surface area (TPSA) is 98.2 Å². The summed E-state index contributed by atoms with van der Waals surface area (Å²) in [6.45, 7) is 0.858. The van der Waals surface area contributed by atoms with Crippen LogP contribution >= 0.6 is 0 Å². The van der Waals surface area contributed by atoms with Crippen molar-refractivity contribution >= 4 is 17.8 Å². The number of rotatable bonds is 4. The van der Waals surface area contributed by atoms with Crippen LogP contribution < -0.4 is 0 Å². The van der Waals surface area contributed by atoms with Crippen molar-refractivity contribution in [3.05, 3.63) is 35.9 Å². The number of aliphatic carboxylic acids is 1. The number of carboxylic acids is 1. The minimum atomic E-state index is -1.78. The lowest BCUT2D eigenvalue weighted by Gasteiger charge is -2.40. The van der Waals surface area contributed by atoms with Gasteiger partial charge in [0.2, 0.25) is 11.8 Å². The maximum Gasteiger partial charge on any atom is 0.335 e. The molecule has 1 aromatic rings. The molecular formula is C19H24N2O5. The van der Waals surface area contributed by atoms with Gasteiger partial charge in [-0.15, -0.1) is 0 Å². The van der Waals surface area contributed by atoms with Crippen molar-refractivity contribution in [3.63, 3.8) is 0 Å². The number of benzene rings is 1. The van der Waals surface area contributed by atoms with E-state index in [1.165, 1.54) is 0 Å². The molecule has 0 radical (unpaired) electrons. The number of amides is 2. The number of carboxylic acid groups (broad SMARTS) is 1. The van der Waals surface area contributed by atoms with Crippen molar-refractivity contribution in [2.45, 2.75) is 43.7 Å². The Balaban J connectivity index is 1.82. The van der Waals surface area contributed by atoms with Gasteiger partial charge in [0.1, 0.15) is 6.04 Å². The van der Waals surface area contributed by atoms with Crippen LogP contribution in [0.25, 0.3) is 0 Å². The summed E-state index contributed by atoms with van der Waals surface area (Å²) >= 11 is 0. The standard InChI is InChI=1S/C19H24N2O5/c22-15-8-4-5-11-21(15)16(14-6-2-1-3-7-14)17(23)20-12-9-19(26,10-13-20)18(24)25/h1-3,6-7,16,26H,4-5,8-13H2,(H,24,25). The molecule has 26 heavy (non-hydrogen) atoms. The highest BCUT2D eigenvalue weighted by Crippen LogP contribution is 2.30. The quantitative estimate of drug-likeness (QED) is 0.840. The predicted molar refractivity (Wildman–Crippen MR) is 93.1 cm³/mol. The van der Waals surface area contributed by atoms with Crippen molar-refractivity contribution in [1.82, 2.24) is 9.80 Å². The molecule has 1 aromatic carbocycles. The molecule has 2 aliphatic rings. The predicted octanol–water partition coefficient (Wildman–Crippen LogP) is 1.18. The Kier molecular flexibility index (Phi) is 5.27. The summed E-state index contributed by atoms with van der Waals surface area (Å²) in [7, 11) is 0. The zero-order chi connectivity index (χ0) is 18.7. The second kappa shape index (κ2) is 7.45. The highest BCUT2D eigenvalue weighted by molar-refractivity contribution is 5.89. The van der Waals surface area contributed by atoms with Crippen LogP contribution in [0, 0.1) is 0 Å². The van der Waals surface area contributed by atoms with E-state index in [0.717, 1.165) is 18.4 Å². The summed E-state index contributed by atoms with van der Waals surface area (Å²) in [6, 6.07) is 8.51. The van der Waals surface area contributed by atoms with Crippen LogP contribution in [0.1, 0.15) is 43.7 Å². The summed E-state index contributed by atoms with van der Waals surface area (Å²) in [5.41, 5.74) is -1.02. The molecule has 2 N–H and O–H groups in total. The Morgan fingerprint density at radius 1 is 1.04 bits per heavy atom. The molecule has 3 rings (SSSR count). The molecule has 140 valence electrons. The molecule has 0 aromatic heterocycles. The van der Waals surface area contributed by atoms with Crippen LogP contribution in [-0.4, -0.2) is 63.0 Å². The zero-order valence-electron chi connectivity index (χ0n) is 14.6. The normalized spacial score (nSPS) is 21.3. The summed E-state index contributed by atoms with van der Waals surface area (Å²) in [5, 5.41) is 19.2. The van der Waals surface area contributed by atoms with E-state index < -0.39 is 17.6 Å². The second-order valence-corrected chi connectivity index (χ2v) is 7.02. The number of carbonyl (C=O) groups excluding carboxylic acids is 2. The van der Waals surface area contributed by atoms with Crippen molar-refractivity contribution in [2.24, 2.45) is 0 Å². The first kappa shape index (κ1) is 18.4. The van der Waals surface area contributed by atoms with E-state index in [4.69, 9.17) is 5.11 Å². The second-order valence-electron chi connectivity index (χ2n) is 7.02. The monoisotopic (exact) mass is 360 g/mol. The highest BCUT2D eigenvalue weighted by atomic mass is 16.4. The van der Waals surface area contributed by atoms with Gasteiger partial charge >= 0.3 is 5.97 Å². The van der Waals surface area contributed by atoms with Gasteiger partial charge in [-0.3, -0.25) is 9.59 Å². The summed E-state index contributed by atoms with van der Waals surface area (Å²) < 4.78 is 0. The third-order valence-electron chi connectivity index (χ3n) is 5.32. The lowest BCUT2D eigenvalue weighted by Crippen LogP contribution is -2.54. The molecule has 0 spiro atoms. The van der Waals surface area contributed by atoms with Crippen LogP contribution in [0.3, 0.4) is 0 Å². The first-order valence-electron chi connectivity index (χ1n) is 9.01. The third kappa shape index (κ3) is 3.58. The molecule has 2 amide bonds. The van der Waals surface area contributed by atoms with Crippen LogP contribution in [-0.2, 0) is 14.4 Å². The average Bonchev–Trinajstić information content (AvgIpc) is 2.65. The Morgan fingerprint density at radius 2 is 1.69 bits per heavy atom. The van der Waals surface area contributed by atoms with E-state index in [-0.39, 0.29) is 37.7 Å². The molecule has 1 atom stereocenters. The number of hydrogen-bond acceptors (Lipinski definition) is 4. The summed E-state index contributed by atoms with van der Waals surface area (Å²) in [4.78, 5) is 40.1. The van der Waals surface area contributed by atoms with Gasteiger partial charge in [-0.2, -0.15) is 0 Å². The molecule has 2 aliphatic heterocycles. The smallest absolute Gasteiger partial charge is 0.335 e. The Labute approximate surface area is 152 Å². The Hall–Kier alpha value is -2.41. The SMILES string of the molecule is O=C(C(c1ccccc1)N1CCCCC1=O)N1CCC(O)(C(=O)O)CC1. The van der Waals surface area contributed by atoms with Crippen molar-refractivity contribution in [1.29, 1.82) is 0 Å². The largest absolute Gasteiger partial charge is 0.479 e. The fraction of sp³-hybridized carbons (Fsp3) is 0.526. The van der Waals surface area contributed by atoms with Crippen LogP contribution in [0.2, 0.25) is 0 Å². The molecule has 2 saturated heterocycles. The van der Waals surface area contributed by atoms with E-state index in [1.807, 2.05) is 30.3 Å². The van der Waals surface area contributed by atoms with Gasteiger partial charge in [-0.25, -0.2) is 4.79 Å². The van der Waals surface area contributed by atoms with Crippen molar-refractivity contribution in [3.8, 4) is 0 Å². The van der Waals surface area contributed by atoms with E-state index in [0.29, 0.717) is 13.0 Å². The van der Waals surface area contributed by atoms with Gasteiger partial charge < -0.3 is 20.0 Å². The van der Waals surface area contributed by atoms with Crippen LogP contribution in [0.5, 0.6) is 0 Å². The Bertz CT molecular complexity index is 682. The van der Waals surface area contributed by atoms with E-state index in [9.17, 15) is 19.5 Å². The zero-order valence-corrected chi connectivity index (χ0v) is 14.6. The lowest BCUT2D eigenvalue weighted by atomic mass is 9.90. The van der Waals surface area contributed by atoms with Gasteiger partial charge in [0.15, 0.2) is 5.60 Å². The first-order chi connectivity index (χ1) is 12.4. The minimum absolute atomic E-state index is 0.0104. The van der Waals surface area contributed by atoms with Gasteiger partial charge in [-0.1, -0.05) is 30.3 Å². The number of likely N-dealkylation sites (tertiary alicyclic amines) is 2. The number of piperidine rings is 2. The van der Waals surface area contributed by atoms with Crippen LogP contribution in [0.15, 0.2) is 30.3 Å².